The number of hydrogen-bond acceptors (Lipinski definition) is 6. The van der Waals surface area contributed by atoms with Crippen LogP contribution in [0.2, 0.25) is 0 Å². The SMILES string of the molecule is COc1ccc(NCC(O)CO)nc1C(=O)NCC(C)(C)C. The number of carbonyl (C=O) groups excluding carboxylic acids is 1. The lowest BCUT2D eigenvalue weighted by molar-refractivity contribution is 0.0931. The van der Waals surface area contributed by atoms with Gasteiger partial charge in [-0.15, -0.1) is 0 Å². The summed E-state index contributed by atoms with van der Waals surface area (Å²) in [5.41, 5.74) is 0.138. The van der Waals surface area contributed by atoms with Crippen LogP contribution in [0.5, 0.6) is 5.75 Å². The molecule has 0 bridgehead atoms. The molecule has 0 spiro atoms. The van der Waals surface area contributed by atoms with Crippen molar-refractivity contribution in [3.05, 3.63) is 17.8 Å². The summed E-state index contributed by atoms with van der Waals surface area (Å²) in [6.07, 6.45) is -0.887. The van der Waals surface area contributed by atoms with Gasteiger partial charge in [-0.2, -0.15) is 0 Å². The maximum atomic E-state index is 12.2. The van der Waals surface area contributed by atoms with Gasteiger partial charge in [0, 0.05) is 13.1 Å². The fourth-order valence-corrected chi connectivity index (χ4v) is 1.59. The van der Waals surface area contributed by atoms with E-state index in [2.05, 4.69) is 15.6 Å². The number of nitrogens with zero attached hydrogens (tertiary/aromatic N) is 1. The second-order valence-electron chi connectivity index (χ2n) is 6.21. The number of amides is 1. The molecule has 1 unspecified atom stereocenters. The zero-order valence-corrected chi connectivity index (χ0v) is 13.5. The van der Waals surface area contributed by atoms with E-state index in [4.69, 9.17) is 9.84 Å². The van der Waals surface area contributed by atoms with Crippen LogP contribution in [0.1, 0.15) is 31.3 Å². The van der Waals surface area contributed by atoms with E-state index >= 15 is 0 Å². The number of nitrogens with one attached hydrogen (secondary N) is 2. The molecule has 124 valence electrons. The Hall–Kier alpha value is -1.86. The monoisotopic (exact) mass is 311 g/mol. The Labute approximate surface area is 130 Å². The Morgan fingerprint density at radius 3 is 2.64 bits per heavy atom. The minimum Gasteiger partial charge on any atom is -0.494 e. The average molecular weight is 311 g/mol. The first-order valence-electron chi connectivity index (χ1n) is 7.13. The van der Waals surface area contributed by atoms with Crippen molar-refractivity contribution in [2.75, 3.05) is 32.1 Å². The molecule has 0 aliphatic rings. The molecule has 7 nitrogen and oxygen atoms in total. The molecular formula is C15H25N3O4. The molecule has 1 atom stereocenters. The number of aliphatic hydroxyl groups excluding tert-OH is 2. The van der Waals surface area contributed by atoms with E-state index in [0.717, 1.165) is 0 Å². The zero-order valence-electron chi connectivity index (χ0n) is 13.5. The summed E-state index contributed by atoms with van der Waals surface area (Å²) in [5, 5.41) is 23.8. The molecule has 0 radical (unpaired) electrons. The standard InChI is InChI=1S/C15H25N3O4/c1-15(2,3)9-17-14(21)13-11(22-4)5-6-12(18-13)16-7-10(20)8-19/h5-6,10,19-20H,7-9H2,1-4H3,(H,16,18)(H,17,21). The van der Waals surface area contributed by atoms with E-state index in [-0.39, 0.29) is 30.2 Å². The van der Waals surface area contributed by atoms with Gasteiger partial charge in [0.15, 0.2) is 5.69 Å². The van der Waals surface area contributed by atoms with Gasteiger partial charge < -0.3 is 25.6 Å². The van der Waals surface area contributed by atoms with Crippen LogP contribution in [0.25, 0.3) is 0 Å². The molecule has 0 fully saturated rings. The Morgan fingerprint density at radius 1 is 1.41 bits per heavy atom. The number of carbonyl (C=O) groups is 1. The fourth-order valence-electron chi connectivity index (χ4n) is 1.59. The summed E-state index contributed by atoms with van der Waals surface area (Å²) in [6, 6.07) is 3.27. The van der Waals surface area contributed by atoms with Gasteiger partial charge in [0.1, 0.15) is 11.6 Å². The van der Waals surface area contributed by atoms with Crippen molar-refractivity contribution < 1.29 is 19.7 Å². The van der Waals surface area contributed by atoms with Crippen molar-refractivity contribution in [3.8, 4) is 5.75 Å². The van der Waals surface area contributed by atoms with E-state index in [9.17, 15) is 9.90 Å². The zero-order chi connectivity index (χ0) is 16.8. The summed E-state index contributed by atoms with van der Waals surface area (Å²) in [4.78, 5) is 16.5. The van der Waals surface area contributed by atoms with Crippen molar-refractivity contribution in [1.82, 2.24) is 10.3 Å². The maximum Gasteiger partial charge on any atom is 0.273 e. The van der Waals surface area contributed by atoms with Gasteiger partial charge in [0.25, 0.3) is 5.91 Å². The van der Waals surface area contributed by atoms with Gasteiger partial charge in [-0.25, -0.2) is 4.98 Å². The third-order valence-corrected chi connectivity index (χ3v) is 2.80. The van der Waals surface area contributed by atoms with Gasteiger partial charge in [-0.1, -0.05) is 20.8 Å². The molecule has 1 heterocycles. The quantitative estimate of drug-likeness (QED) is 0.589. The van der Waals surface area contributed by atoms with Crippen LogP contribution in [0, 0.1) is 5.41 Å². The molecule has 0 aliphatic carbocycles. The van der Waals surface area contributed by atoms with E-state index in [1.165, 1.54) is 7.11 Å². The van der Waals surface area contributed by atoms with Gasteiger partial charge in [-0.05, 0) is 17.5 Å². The highest BCUT2D eigenvalue weighted by Crippen LogP contribution is 2.19. The summed E-state index contributed by atoms with van der Waals surface area (Å²) in [6.45, 7) is 6.36. The Bertz CT molecular complexity index is 500. The number of ether oxygens (including phenoxy) is 1. The number of methoxy groups -OCH3 is 1. The molecule has 1 aromatic heterocycles. The molecule has 22 heavy (non-hydrogen) atoms. The lowest BCUT2D eigenvalue weighted by atomic mass is 9.97. The normalized spacial score (nSPS) is 12.6. The molecule has 1 amide bonds. The van der Waals surface area contributed by atoms with Crippen LogP contribution in [-0.4, -0.2) is 54.0 Å². The predicted molar refractivity (Wildman–Crippen MR) is 84.2 cm³/mol. The molecule has 1 aromatic rings. The van der Waals surface area contributed by atoms with E-state index < -0.39 is 6.10 Å². The molecule has 0 aromatic carbocycles. The van der Waals surface area contributed by atoms with E-state index in [1.54, 1.807) is 12.1 Å². The van der Waals surface area contributed by atoms with Crippen LogP contribution in [0.3, 0.4) is 0 Å². The number of rotatable bonds is 7. The van der Waals surface area contributed by atoms with Gasteiger partial charge in [0.2, 0.25) is 0 Å². The fraction of sp³-hybridized carbons (Fsp3) is 0.600. The molecular weight excluding hydrogens is 286 g/mol. The smallest absolute Gasteiger partial charge is 0.273 e. The number of anilines is 1. The van der Waals surface area contributed by atoms with Crippen LogP contribution >= 0.6 is 0 Å². The molecule has 1 rings (SSSR count). The van der Waals surface area contributed by atoms with Gasteiger partial charge >= 0.3 is 0 Å². The number of hydrogen-bond donors (Lipinski definition) is 4. The second-order valence-corrected chi connectivity index (χ2v) is 6.21. The number of pyridine rings is 1. The van der Waals surface area contributed by atoms with E-state index in [0.29, 0.717) is 18.1 Å². The van der Waals surface area contributed by atoms with Gasteiger partial charge in [0.05, 0.1) is 19.8 Å². The van der Waals surface area contributed by atoms with Crippen molar-refractivity contribution in [3.63, 3.8) is 0 Å². The largest absolute Gasteiger partial charge is 0.494 e. The third-order valence-electron chi connectivity index (χ3n) is 2.80. The number of aromatic nitrogens is 1. The first-order valence-corrected chi connectivity index (χ1v) is 7.13. The lowest BCUT2D eigenvalue weighted by Crippen LogP contribution is -2.33. The summed E-state index contributed by atoms with van der Waals surface area (Å²) < 4.78 is 5.16. The van der Waals surface area contributed by atoms with Crippen LogP contribution in [-0.2, 0) is 0 Å². The molecule has 7 heteroatoms. The summed E-state index contributed by atoms with van der Waals surface area (Å²) in [7, 11) is 1.47. The molecule has 0 saturated heterocycles. The van der Waals surface area contributed by atoms with Gasteiger partial charge in [-0.3, -0.25) is 4.79 Å². The Balaban J connectivity index is 2.84. The second kappa shape index (κ2) is 7.95. The predicted octanol–water partition coefficient (Wildman–Crippen LogP) is 0.631. The minimum absolute atomic E-state index is 0.0377. The average Bonchev–Trinajstić information content (AvgIpc) is 2.49. The Morgan fingerprint density at radius 2 is 2.09 bits per heavy atom. The number of aliphatic hydroxyl groups is 2. The summed E-state index contributed by atoms with van der Waals surface area (Å²) >= 11 is 0. The van der Waals surface area contributed by atoms with Crippen molar-refractivity contribution in [2.45, 2.75) is 26.9 Å². The van der Waals surface area contributed by atoms with Crippen LogP contribution < -0.4 is 15.4 Å². The van der Waals surface area contributed by atoms with Crippen molar-refractivity contribution in [2.24, 2.45) is 5.41 Å². The first-order chi connectivity index (χ1) is 10.3. The lowest BCUT2D eigenvalue weighted by Gasteiger charge is -2.19. The van der Waals surface area contributed by atoms with E-state index in [1.807, 2.05) is 20.8 Å². The van der Waals surface area contributed by atoms with Crippen molar-refractivity contribution in [1.29, 1.82) is 0 Å². The third kappa shape index (κ3) is 5.87. The molecule has 0 aliphatic heterocycles. The minimum atomic E-state index is -0.887. The topological polar surface area (TPSA) is 104 Å². The van der Waals surface area contributed by atoms with Crippen LogP contribution in [0.4, 0.5) is 5.82 Å². The molecule has 0 saturated carbocycles. The van der Waals surface area contributed by atoms with Crippen LogP contribution in [0.15, 0.2) is 12.1 Å². The summed E-state index contributed by atoms with van der Waals surface area (Å²) in [5.74, 6) is 0.479. The van der Waals surface area contributed by atoms with Crippen molar-refractivity contribution >= 4 is 11.7 Å². The maximum absolute atomic E-state index is 12.2. The highest BCUT2D eigenvalue weighted by atomic mass is 16.5. The Kier molecular flexibility index (Phi) is 6.58. The highest BCUT2D eigenvalue weighted by molar-refractivity contribution is 5.95. The first kappa shape index (κ1) is 18.2. The molecule has 4 N–H and O–H groups in total. The highest BCUT2D eigenvalue weighted by Gasteiger charge is 2.18.